The van der Waals surface area contributed by atoms with E-state index in [0.717, 1.165) is 12.1 Å². The topological polar surface area (TPSA) is 48.8 Å². The van der Waals surface area contributed by atoms with Gasteiger partial charge < -0.3 is 0 Å². The second-order valence-electron chi connectivity index (χ2n) is 2.57. The molecule has 0 aliphatic carbocycles. The first-order valence-electron chi connectivity index (χ1n) is 3.79. The highest BCUT2D eigenvalue weighted by Crippen LogP contribution is 2.38. The van der Waals surface area contributed by atoms with Gasteiger partial charge in [0.15, 0.2) is 0 Å². The molecule has 0 unspecified atom stereocenters. The molecule has 0 N–H and O–H groups in total. The van der Waals surface area contributed by atoms with Crippen LogP contribution in [0.4, 0.5) is 18.9 Å². The van der Waals surface area contributed by atoms with Gasteiger partial charge in [0.25, 0.3) is 0 Å². The molecule has 0 aliphatic heterocycles. The molecule has 0 amide bonds. The molecule has 80 valence electrons. The van der Waals surface area contributed by atoms with Gasteiger partial charge in [-0.3, -0.25) is 0 Å². The lowest BCUT2D eigenvalue weighted by atomic mass is 10.2. The summed E-state index contributed by atoms with van der Waals surface area (Å²) in [5.74, 6) is 0. The number of benzene rings is 1. The number of rotatable bonds is 2. The average molecular weight is 233 g/mol. The molecule has 0 aromatic heterocycles. The number of azide groups is 1. The second kappa shape index (κ2) is 4.46. The van der Waals surface area contributed by atoms with Crippen LogP contribution in [0.15, 0.2) is 28.2 Å². The van der Waals surface area contributed by atoms with Crippen molar-refractivity contribution < 1.29 is 13.2 Å². The summed E-state index contributed by atoms with van der Waals surface area (Å²) in [5, 5.41) is 3.00. The summed E-state index contributed by atoms with van der Waals surface area (Å²) in [7, 11) is 0. The predicted molar refractivity (Wildman–Crippen MR) is 52.0 cm³/mol. The molecule has 3 nitrogen and oxygen atoms in total. The highest BCUT2D eigenvalue weighted by Gasteiger charge is 2.33. The van der Waals surface area contributed by atoms with E-state index in [1.54, 1.807) is 6.26 Å². The number of nitrogens with zero attached hydrogens (tertiary/aromatic N) is 3. The van der Waals surface area contributed by atoms with Crippen LogP contribution < -0.4 is 0 Å². The maximum absolute atomic E-state index is 12.5. The van der Waals surface area contributed by atoms with E-state index in [1.807, 2.05) is 0 Å². The van der Waals surface area contributed by atoms with E-state index in [4.69, 9.17) is 5.53 Å². The number of hydrogen-bond donors (Lipinski definition) is 0. The zero-order valence-corrected chi connectivity index (χ0v) is 8.43. The molecule has 0 spiro atoms. The summed E-state index contributed by atoms with van der Waals surface area (Å²) in [6.45, 7) is 0. The van der Waals surface area contributed by atoms with Gasteiger partial charge in [-0.15, -0.1) is 11.8 Å². The molecular weight excluding hydrogens is 227 g/mol. The fourth-order valence-corrected chi connectivity index (χ4v) is 1.44. The van der Waals surface area contributed by atoms with Crippen LogP contribution in [-0.2, 0) is 6.18 Å². The molecule has 1 aromatic carbocycles. The lowest BCUT2D eigenvalue weighted by molar-refractivity contribution is -0.137. The van der Waals surface area contributed by atoms with Gasteiger partial charge in [-0.2, -0.15) is 13.2 Å². The first kappa shape index (κ1) is 11.7. The normalized spacial score (nSPS) is 10.9. The van der Waals surface area contributed by atoms with Crippen molar-refractivity contribution in [3.63, 3.8) is 0 Å². The van der Waals surface area contributed by atoms with E-state index in [1.165, 1.54) is 17.8 Å². The van der Waals surface area contributed by atoms with E-state index < -0.39 is 17.4 Å². The fourth-order valence-electron chi connectivity index (χ4n) is 1.00. The minimum atomic E-state index is -4.50. The van der Waals surface area contributed by atoms with Gasteiger partial charge in [0.1, 0.15) is 0 Å². The van der Waals surface area contributed by atoms with Crippen LogP contribution in [0, 0.1) is 0 Å². The third-order valence-corrected chi connectivity index (χ3v) is 2.39. The van der Waals surface area contributed by atoms with Crippen LogP contribution in [0.25, 0.3) is 10.4 Å². The molecule has 0 saturated heterocycles. The molecule has 0 aliphatic rings. The molecule has 0 atom stereocenters. The van der Waals surface area contributed by atoms with E-state index in [2.05, 4.69) is 10.0 Å². The van der Waals surface area contributed by atoms with Gasteiger partial charge in [0, 0.05) is 15.5 Å². The molecule has 15 heavy (non-hydrogen) atoms. The van der Waals surface area contributed by atoms with Crippen molar-refractivity contribution in [2.45, 2.75) is 11.1 Å². The highest BCUT2D eigenvalue weighted by molar-refractivity contribution is 7.98. The minimum absolute atomic E-state index is 0.400. The summed E-state index contributed by atoms with van der Waals surface area (Å²) in [6, 6.07) is 3.60. The van der Waals surface area contributed by atoms with Gasteiger partial charge in [-0.1, -0.05) is 11.2 Å². The maximum atomic E-state index is 12.5. The largest absolute Gasteiger partial charge is 0.416 e. The molecule has 0 saturated carbocycles. The first-order valence-corrected chi connectivity index (χ1v) is 5.02. The van der Waals surface area contributed by atoms with Crippen molar-refractivity contribution in [3.05, 3.63) is 34.2 Å². The molecular formula is C8H6F3N3S. The van der Waals surface area contributed by atoms with Crippen LogP contribution in [0.2, 0.25) is 0 Å². The molecule has 0 radical (unpaired) electrons. The molecule has 0 fully saturated rings. The fraction of sp³-hybridized carbons (Fsp3) is 0.250. The van der Waals surface area contributed by atoms with E-state index >= 15 is 0 Å². The molecule has 0 heterocycles. The molecule has 1 aromatic rings. The number of thioether (sulfide) groups is 1. The SMILES string of the molecule is CSc1ccc(N=[N+]=[N-])c(C(F)(F)F)c1. The Morgan fingerprint density at radius 2 is 2.07 bits per heavy atom. The number of alkyl halides is 3. The van der Waals surface area contributed by atoms with E-state index in [0.29, 0.717) is 4.90 Å². The van der Waals surface area contributed by atoms with Crippen molar-refractivity contribution in [2.24, 2.45) is 5.11 Å². The van der Waals surface area contributed by atoms with Crippen molar-refractivity contribution >= 4 is 17.4 Å². The van der Waals surface area contributed by atoms with Crippen LogP contribution in [0.5, 0.6) is 0 Å². The summed E-state index contributed by atoms with van der Waals surface area (Å²) in [6.07, 6.45) is -2.84. The van der Waals surface area contributed by atoms with E-state index in [-0.39, 0.29) is 0 Å². The average Bonchev–Trinajstić information content (AvgIpc) is 2.17. The van der Waals surface area contributed by atoms with Gasteiger partial charge in [-0.05, 0) is 23.9 Å². The zero-order chi connectivity index (χ0) is 11.5. The van der Waals surface area contributed by atoms with Gasteiger partial charge in [0.05, 0.1) is 5.56 Å². The van der Waals surface area contributed by atoms with E-state index in [9.17, 15) is 13.2 Å². The molecule has 7 heteroatoms. The van der Waals surface area contributed by atoms with Crippen molar-refractivity contribution in [3.8, 4) is 0 Å². The van der Waals surface area contributed by atoms with Crippen molar-refractivity contribution in [1.82, 2.24) is 0 Å². The smallest absolute Gasteiger partial charge is 0.166 e. The number of hydrogen-bond acceptors (Lipinski definition) is 2. The summed E-state index contributed by atoms with van der Waals surface area (Å²) < 4.78 is 37.5. The summed E-state index contributed by atoms with van der Waals surface area (Å²) in [5.41, 5.74) is 6.81. The van der Waals surface area contributed by atoms with Crippen molar-refractivity contribution in [1.29, 1.82) is 0 Å². The Balaban J connectivity index is 3.35. The summed E-state index contributed by atoms with van der Waals surface area (Å²) >= 11 is 1.19. The lowest BCUT2D eigenvalue weighted by Gasteiger charge is -2.10. The first-order chi connectivity index (χ1) is 6.99. The standard InChI is InChI=1S/C8H6F3N3S/c1-15-5-2-3-7(13-14-12)6(4-5)8(9,10)11/h2-4H,1H3. The predicted octanol–water partition coefficient (Wildman–Crippen LogP) is 4.37. The monoisotopic (exact) mass is 233 g/mol. The molecule has 1 rings (SSSR count). The van der Waals surface area contributed by atoms with Crippen LogP contribution in [0.1, 0.15) is 5.56 Å². The number of halogens is 3. The Labute approximate surface area is 87.9 Å². The third kappa shape index (κ3) is 2.81. The third-order valence-electron chi connectivity index (χ3n) is 1.66. The Morgan fingerprint density at radius 1 is 1.40 bits per heavy atom. The Hall–Kier alpha value is -1.33. The van der Waals surface area contributed by atoms with Crippen LogP contribution in [-0.4, -0.2) is 6.26 Å². The summed E-state index contributed by atoms with van der Waals surface area (Å²) in [4.78, 5) is 2.83. The van der Waals surface area contributed by atoms with Gasteiger partial charge in [-0.25, -0.2) is 0 Å². The van der Waals surface area contributed by atoms with Crippen molar-refractivity contribution in [2.75, 3.05) is 6.26 Å². The quantitative estimate of drug-likeness (QED) is 0.324. The maximum Gasteiger partial charge on any atom is 0.416 e. The van der Waals surface area contributed by atoms with Crippen LogP contribution in [0.3, 0.4) is 0 Å². The van der Waals surface area contributed by atoms with Crippen LogP contribution >= 0.6 is 11.8 Å². The zero-order valence-electron chi connectivity index (χ0n) is 7.62. The minimum Gasteiger partial charge on any atom is -0.166 e. The van der Waals surface area contributed by atoms with Gasteiger partial charge in [0.2, 0.25) is 0 Å². The lowest BCUT2D eigenvalue weighted by Crippen LogP contribution is -2.05. The second-order valence-corrected chi connectivity index (χ2v) is 3.45. The highest BCUT2D eigenvalue weighted by atomic mass is 32.2. The Kier molecular flexibility index (Phi) is 3.49. The Morgan fingerprint density at radius 3 is 2.53 bits per heavy atom. The Bertz CT molecular complexity index is 410. The van der Waals surface area contributed by atoms with Gasteiger partial charge >= 0.3 is 6.18 Å². The molecule has 0 bridgehead atoms.